The Morgan fingerprint density at radius 2 is 1.86 bits per heavy atom. The van der Waals surface area contributed by atoms with E-state index in [-0.39, 0.29) is 0 Å². The van der Waals surface area contributed by atoms with Gasteiger partial charge in [-0.2, -0.15) is 5.10 Å². The molecular formula is C17H16BrN3. The summed E-state index contributed by atoms with van der Waals surface area (Å²) in [6.45, 7) is 2.68. The summed E-state index contributed by atoms with van der Waals surface area (Å²) in [5, 5.41) is 4.59. The quantitative estimate of drug-likeness (QED) is 0.773. The van der Waals surface area contributed by atoms with E-state index in [0.717, 1.165) is 21.3 Å². The van der Waals surface area contributed by atoms with Gasteiger partial charge in [0.1, 0.15) is 5.82 Å². The summed E-state index contributed by atoms with van der Waals surface area (Å²) in [7, 11) is 0. The molecule has 0 radical (unpaired) electrons. The maximum Gasteiger partial charge on any atom is 0.130 e. The minimum absolute atomic E-state index is 0.682. The zero-order valence-electron chi connectivity index (χ0n) is 11.8. The van der Waals surface area contributed by atoms with Crippen molar-refractivity contribution >= 4 is 21.7 Å². The van der Waals surface area contributed by atoms with Crippen LogP contribution in [0.1, 0.15) is 11.3 Å². The molecule has 0 amide bonds. The Morgan fingerprint density at radius 1 is 1.10 bits per heavy atom. The third-order valence-electron chi connectivity index (χ3n) is 3.46. The molecule has 0 fully saturated rings. The van der Waals surface area contributed by atoms with Gasteiger partial charge in [-0.15, -0.1) is 0 Å². The Hall–Kier alpha value is -2.07. The number of aryl methyl sites for hydroxylation is 1. The van der Waals surface area contributed by atoms with Crippen LogP contribution in [0, 0.1) is 6.92 Å². The summed E-state index contributed by atoms with van der Waals surface area (Å²) in [6, 6.07) is 18.3. The van der Waals surface area contributed by atoms with Gasteiger partial charge in [0.25, 0.3) is 0 Å². The first-order valence-electron chi connectivity index (χ1n) is 6.78. The molecule has 0 saturated carbocycles. The van der Waals surface area contributed by atoms with Crippen LogP contribution in [0.4, 0.5) is 5.82 Å². The minimum atomic E-state index is 0.682. The molecule has 2 aromatic carbocycles. The van der Waals surface area contributed by atoms with Crippen molar-refractivity contribution in [1.29, 1.82) is 0 Å². The summed E-state index contributed by atoms with van der Waals surface area (Å²) in [5.41, 5.74) is 10.5. The Balaban J connectivity index is 2.01. The molecule has 0 saturated heterocycles. The van der Waals surface area contributed by atoms with Crippen molar-refractivity contribution in [1.82, 2.24) is 9.78 Å². The van der Waals surface area contributed by atoms with Gasteiger partial charge in [0.05, 0.1) is 12.2 Å². The number of anilines is 1. The smallest absolute Gasteiger partial charge is 0.130 e. The van der Waals surface area contributed by atoms with E-state index in [1.807, 2.05) is 41.9 Å². The number of nitrogens with two attached hydrogens (primary N) is 1. The van der Waals surface area contributed by atoms with E-state index in [0.29, 0.717) is 12.4 Å². The molecule has 3 rings (SSSR count). The minimum Gasteiger partial charge on any atom is -0.383 e. The van der Waals surface area contributed by atoms with Crippen LogP contribution in [-0.2, 0) is 6.54 Å². The fraction of sp³-hybridized carbons (Fsp3) is 0.118. The molecule has 1 aromatic heterocycles. The summed E-state index contributed by atoms with van der Waals surface area (Å²) in [4.78, 5) is 0. The molecule has 2 N–H and O–H groups in total. The van der Waals surface area contributed by atoms with Crippen LogP contribution in [-0.4, -0.2) is 9.78 Å². The average Bonchev–Trinajstić information content (AvgIpc) is 2.74. The average molecular weight is 342 g/mol. The molecular weight excluding hydrogens is 326 g/mol. The van der Waals surface area contributed by atoms with Crippen LogP contribution >= 0.6 is 15.9 Å². The molecule has 21 heavy (non-hydrogen) atoms. The lowest BCUT2D eigenvalue weighted by Gasteiger charge is -2.06. The van der Waals surface area contributed by atoms with E-state index in [4.69, 9.17) is 5.73 Å². The fourth-order valence-electron chi connectivity index (χ4n) is 2.48. The summed E-state index contributed by atoms with van der Waals surface area (Å²) in [6.07, 6.45) is 0. The molecule has 0 bridgehead atoms. The van der Waals surface area contributed by atoms with Gasteiger partial charge in [0.15, 0.2) is 0 Å². The maximum atomic E-state index is 6.32. The van der Waals surface area contributed by atoms with Gasteiger partial charge in [0, 0.05) is 10.0 Å². The number of nitrogens with zero attached hydrogens (tertiary/aromatic N) is 2. The van der Waals surface area contributed by atoms with E-state index in [2.05, 4.69) is 45.3 Å². The van der Waals surface area contributed by atoms with Gasteiger partial charge in [-0.3, -0.25) is 0 Å². The molecule has 3 aromatic rings. The molecule has 0 spiro atoms. The summed E-state index contributed by atoms with van der Waals surface area (Å²) < 4.78 is 2.90. The zero-order valence-corrected chi connectivity index (χ0v) is 13.3. The molecule has 106 valence electrons. The van der Waals surface area contributed by atoms with Crippen LogP contribution in [0.3, 0.4) is 0 Å². The van der Waals surface area contributed by atoms with Gasteiger partial charge < -0.3 is 5.73 Å². The number of aromatic nitrogens is 2. The number of hydrogen-bond donors (Lipinski definition) is 1. The zero-order chi connectivity index (χ0) is 14.8. The van der Waals surface area contributed by atoms with Crippen LogP contribution < -0.4 is 5.73 Å². The highest BCUT2D eigenvalue weighted by Crippen LogP contribution is 2.31. The number of nitrogen functional groups attached to an aromatic ring is 1. The van der Waals surface area contributed by atoms with Crippen LogP contribution in [0.25, 0.3) is 11.1 Å². The Labute approximate surface area is 132 Å². The lowest BCUT2D eigenvalue weighted by Crippen LogP contribution is -2.06. The third-order valence-corrected chi connectivity index (χ3v) is 3.95. The first-order valence-corrected chi connectivity index (χ1v) is 7.57. The van der Waals surface area contributed by atoms with Crippen molar-refractivity contribution in [3.05, 3.63) is 70.3 Å². The van der Waals surface area contributed by atoms with Crippen LogP contribution in [0.15, 0.2) is 59.1 Å². The molecule has 1 heterocycles. The summed E-state index contributed by atoms with van der Waals surface area (Å²) >= 11 is 3.50. The normalized spacial score (nSPS) is 10.8. The highest BCUT2D eigenvalue weighted by Gasteiger charge is 2.14. The SMILES string of the molecule is Cc1nn(Cc2ccccc2)c(N)c1-c1cccc(Br)c1. The van der Waals surface area contributed by atoms with Crippen molar-refractivity contribution in [3.63, 3.8) is 0 Å². The number of benzene rings is 2. The second-order valence-corrected chi connectivity index (χ2v) is 5.91. The van der Waals surface area contributed by atoms with Gasteiger partial charge in [0.2, 0.25) is 0 Å². The highest BCUT2D eigenvalue weighted by molar-refractivity contribution is 9.10. The van der Waals surface area contributed by atoms with E-state index >= 15 is 0 Å². The van der Waals surface area contributed by atoms with E-state index < -0.39 is 0 Å². The lowest BCUT2D eigenvalue weighted by molar-refractivity contribution is 0.689. The topological polar surface area (TPSA) is 43.8 Å². The summed E-state index contributed by atoms with van der Waals surface area (Å²) in [5.74, 6) is 0.703. The monoisotopic (exact) mass is 341 g/mol. The predicted molar refractivity (Wildman–Crippen MR) is 90.1 cm³/mol. The van der Waals surface area contributed by atoms with Crippen molar-refractivity contribution in [3.8, 4) is 11.1 Å². The van der Waals surface area contributed by atoms with Crippen molar-refractivity contribution in [2.75, 3.05) is 5.73 Å². The fourth-order valence-corrected chi connectivity index (χ4v) is 2.88. The van der Waals surface area contributed by atoms with Gasteiger partial charge in [-0.25, -0.2) is 4.68 Å². The highest BCUT2D eigenvalue weighted by atomic mass is 79.9. The van der Waals surface area contributed by atoms with Crippen LogP contribution in [0.5, 0.6) is 0 Å². The predicted octanol–water partition coefficient (Wildman–Crippen LogP) is 4.25. The molecule has 0 aliphatic heterocycles. The van der Waals surface area contributed by atoms with Gasteiger partial charge in [-0.1, -0.05) is 58.4 Å². The second-order valence-electron chi connectivity index (χ2n) is 5.00. The van der Waals surface area contributed by atoms with E-state index in [9.17, 15) is 0 Å². The van der Waals surface area contributed by atoms with Crippen LogP contribution in [0.2, 0.25) is 0 Å². The molecule has 3 nitrogen and oxygen atoms in total. The standard InChI is InChI=1S/C17H16BrN3/c1-12-16(14-8-5-9-15(18)10-14)17(19)21(20-12)11-13-6-3-2-4-7-13/h2-10H,11,19H2,1H3. The van der Waals surface area contributed by atoms with E-state index in [1.54, 1.807) is 0 Å². The molecule has 0 atom stereocenters. The van der Waals surface area contributed by atoms with E-state index in [1.165, 1.54) is 5.56 Å². The van der Waals surface area contributed by atoms with Crippen molar-refractivity contribution < 1.29 is 0 Å². The maximum absolute atomic E-state index is 6.32. The molecule has 0 unspecified atom stereocenters. The number of halogens is 1. The number of hydrogen-bond acceptors (Lipinski definition) is 2. The Morgan fingerprint density at radius 3 is 2.57 bits per heavy atom. The first kappa shape index (κ1) is 13.9. The molecule has 0 aliphatic carbocycles. The Bertz CT molecular complexity index is 763. The lowest BCUT2D eigenvalue weighted by atomic mass is 10.1. The largest absolute Gasteiger partial charge is 0.383 e. The number of rotatable bonds is 3. The Kier molecular flexibility index (Phi) is 3.80. The van der Waals surface area contributed by atoms with Gasteiger partial charge >= 0.3 is 0 Å². The first-order chi connectivity index (χ1) is 10.1. The van der Waals surface area contributed by atoms with Gasteiger partial charge in [-0.05, 0) is 30.2 Å². The molecule has 0 aliphatic rings. The van der Waals surface area contributed by atoms with Crippen molar-refractivity contribution in [2.45, 2.75) is 13.5 Å². The second kappa shape index (κ2) is 5.74. The molecule has 4 heteroatoms. The van der Waals surface area contributed by atoms with Crippen molar-refractivity contribution in [2.24, 2.45) is 0 Å². The third kappa shape index (κ3) is 2.85.